The van der Waals surface area contributed by atoms with Gasteiger partial charge in [-0.05, 0) is 32.1 Å². The monoisotopic (exact) mass is 438 g/mol. The van der Waals surface area contributed by atoms with E-state index in [9.17, 15) is 9.59 Å². The average molecular weight is 440 g/mol. The van der Waals surface area contributed by atoms with Crippen molar-refractivity contribution in [2.75, 3.05) is 25.0 Å². The number of carbonyl (C=O) groups excluding carboxylic acids is 2. The van der Waals surface area contributed by atoms with Gasteiger partial charge in [-0.15, -0.1) is 17.0 Å². The molecule has 0 bridgehead atoms. The summed E-state index contributed by atoms with van der Waals surface area (Å²) in [6, 6.07) is 3.13. The predicted octanol–water partition coefficient (Wildman–Crippen LogP) is 4.17. The van der Waals surface area contributed by atoms with Gasteiger partial charge in [0.1, 0.15) is 0 Å². The number of nitrogens with zero attached hydrogens (tertiary/aromatic N) is 1. The largest absolute Gasteiger partial charge is 0.463 e. The molecule has 1 aliphatic heterocycles. The van der Waals surface area contributed by atoms with Gasteiger partial charge in [0, 0.05) is 10.7 Å². The number of anilines is 1. The smallest absolute Gasteiger partial charge is 0.347 e. The quantitative estimate of drug-likeness (QED) is 0.697. The van der Waals surface area contributed by atoms with E-state index in [0.29, 0.717) is 29.4 Å². The summed E-state index contributed by atoms with van der Waals surface area (Å²) in [6.45, 7) is 6.99. The molecule has 1 heterocycles. The molecule has 24 heavy (non-hydrogen) atoms. The third kappa shape index (κ3) is 3.72. The van der Waals surface area contributed by atoms with E-state index in [1.54, 1.807) is 13.0 Å². The minimum absolute atomic E-state index is 0. The Hall–Kier alpha value is -0.820. The summed E-state index contributed by atoms with van der Waals surface area (Å²) >= 11 is 12.2. The number of ether oxygens (including phenoxy) is 1. The third-order valence-electron chi connectivity index (χ3n) is 4.01. The summed E-state index contributed by atoms with van der Waals surface area (Å²) in [4.78, 5) is 27.2. The molecule has 0 saturated carbocycles. The van der Waals surface area contributed by atoms with E-state index in [1.165, 1.54) is 6.07 Å². The summed E-state index contributed by atoms with van der Waals surface area (Å²) in [6.07, 6.45) is -0.0398. The van der Waals surface area contributed by atoms with E-state index in [0.717, 1.165) is 0 Å². The van der Waals surface area contributed by atoms with Crippen molar-refractivity contribution < 1.29 is 14.3 Å². The molecule has 8 heteroatoms. The Labute approximate surface area is 162 Å². The van der Waals surface area contributed by atoms with Crippen LogP contribution in [-0.4, -0.2) is 42.0 Å². The highest BCUT2D eigenvalue weighted by Crippen LogP contribution is 2.39. The number of ketones is 1. The minimum Gasteiger partial charge on any atom is -0.463 e. The first-order chi connectivity index (χ1) is 10.9. The topological polar surface area (TPSA) is 58.6 Å². The van der Waals surface area contributed by atoms with Crippen LogP contribution in [0.2, 0.25) is 10.0 Å². The lowest BCUT2D eigenvalue weighted by Gasteiger charge is -2.44. The van der Waals surface area contributed by atoms with Gasteiger partial charge in [0.15, 0.2) is 11.4 Å². The predicted molar refractivity (Wildman–Crippen MR) is 102 cm³/mol. The number of hydrogen-bond donors (Lipinski definition) is 1. The number of rotatable bonds is 5. The van der Waals surface area contributed by atoms with Gasteiger partial charge < -0.3 is 10.1 Å². The highest BCUT2D eigenvalue weighted by Gasteiger charge is 2.50. The Kier molecular flexibility index (Phi) is 7.53. The zero-order valence-electron chi connectivity index (χ0n) is 13.8. The van der Waals surface area contributed by atoms with Crippen molar-refractivity contribution in [3.05, 3.63) is 27.7 Å². The fourth-order valence-electron chi connectivity index (χ4n) is 3.00. The number of halogens is 3. The SMILES string of the molecule is Br.CCOC(=O)C1(N(CC)CC)CC(=O)c2c(Cl)cc(Cl)cc2N1. The van der Waals surface area contributed by atoms with Crippen molar-refractivity contribution in [1.29, 1.82) is 0 Å². The molecule has 0 radical (unpaired) electrons. The van der Waals surface area contributed by atoms with Crippen LogP contribution in [-0.2, 0) is 9.53 Å². The minimum atomic E-state index is -1.24. The number of nitrogens with one attached hydrogen (secondary N) is 1. The number of likely N-dealkylation sites (N-methyl/N-ethyl adjacent to an activating group) is 1. The van der Waals surface area contributed by atoms with E-state index in [2.05, 4.69) is 5.32 Å². The highest BCUT2D eigenvalue weighted by molar-refractivity contribution is 8.93. The molecule has 134 valence electrons. The van der Waals surface area contributed by atoms with Gasteiger partial charge in [0.2, 0.25) is 0 Å². The van der Waals surface area contributed by atoms with E-state index in [4.69, 9.17) is 27.9 Å². The fourth-order valence-corrected chi connectivity index (χ4v) is 3.60. The number of carbonyl (C=O) groups is 2. The summed E-state index contributed by atoms with van der Waals surface area (Å²) in [7, 11) is 0. The zero-order valence-corrected chi connectivity index (χ0v) is 17.0. The van der Waals surface area contributed by atoms with Gasteiger partial charge in [-0.3, -0.25) is 9.69 Å². The molecule has 0 aliphatic carbocycles. The second-order valence-corrected chi connectivity index (χ2v) is 6.13. The number of Topliss-reactive ketones (excluding diaryl/α,β-unsaturated/α-hetero) is 1. The molecule has 0 amide bonds. The van der Waals surface area contributed by atoms with Crippen LogP contribution < -0.4 is 5.32 Å². The molecule has 0 fully saturated rings. The molecule has 0 saturated heterocycles. The molecule has 5 nitrogen and oxygen atoms in total. The Morgan fingerprint density at radius 3 is 2.46 bits per heavy atom. The molecule has 1 unspecified atom stereocenters. The lowest BCUT2D eigenvalue weighted by Crippen LogP contribution is -2.63. The normalized spacial score (nSPS) is 19.3. The number of hydrogen-bond acceptors (Lipinski definition) is 5. The van der Waals surface area contributed by atoms with Gasteiger partial charge in [-0.25, -0.2) is 4.79 Å². The molecule has 1 aromatic rings. The van der Waals surface area contributed by atoms with Crippen molar-refractivity contribution in [2.45, 2.75) is 32.9 Å². The molecular formula is C16H21BrCl2N2O3. The first kappa shape index (κ1) is 21.2. The van der Waals surface area contributed by atoms with Crippen molar-refractivity contribution in [3.63, 3.8) is 0 Å². The second kappa shape index (κ2) is 8.52. The molecule has 0 spiro atoms. The molecule has 1 N–H and O–H groups in total. The molecule has 1 aliphatic rings. The van der Waals surface area contributed by atoms with Crippen LogP contribution in [0, 0.1) is 0 Å². The van der Waals surface area contributed by atoms with Gasteiger partial charge in [-0.1, -0.05) is 37.0 Å². The average Bonchev–Trinajstić information content (AvgIpc) is 2.47. The number of benzene rings is 1. The van der Waals surface area contributed by atoms with E-state index in [-0.39, 0.29) is 40.8 Å². The zero-order chi connectivity index (χ0) is 17.2. The number of fused-ring (bicyclic) bond motifs is 1. The van der Waals surface area contributed by atoms with Crippen LogP contribution >= 0.6 is 40.2 Å². The molecular weight excluding hydrogens is 419 g/mol. The maximum absolute atomic E-state index is 12.7. The van der Waals surface area contributed by atoms with Crippen LogP contribution in [0.5, 0.6) is 0 Å². The Morgan fingerprint density at radius 1 is 1.29 bits per heavy atom. The van der Waals surface area contributed by atoms with Crippen LogP contribution in [0.4, 0.5) is 5.69 Å². The first-order valence-corrected chi connectivity index (χ1v) is 8.37. The van der Waals surface area contributed by atoms with Gasteiger partial charge in [0.05, 0.1) is 23.6 Å². The molecule has 1 aromatic carbocycles. The number of esters is 1. The Morgan fingerprint density at radius 2 is 1.92 bits per heavy atom. The Bertz CT molecular complexity index is 638. The maximum atomic E-state index is 12.7. The van der Waals surface area contributed by atoms with E-state index < -0.39 is 11.6 Å². The van der Waals surface area contributed by atoms with Crippen LogP contribution in [0.15, 0.2) is 12.1 Å². The Balaban J connectivity index is 0.00000288. The fraction of sp³-hybridized carbons (Fsp3) is 0.500. The van der Waals surface area contributed by atoms with E-state index in [1.807, 2.05) is 18.7 Å². The first-order valence-electron chi connectivity index (χ1n) is 7.62. The highest BCUT2D eigenvalue weighted by atomic mass is 79.9. The summed E-state index contributed by atoms with van der Waals surface area (Å²) in [5, 5.41) is 3.85. The van der Waals surface area contributed by atoms with Crippen LogP contribution in [0.1, 0.15) is 37.6 Å². The van der Waals surface area contributed by atoms with Crippen molar-refractivity contribution in [1.82, 2.24) is 4.90 Å². The molecule has 2 rings (SSSR count). The second-order valence-electron chi connectivity index (χ2n) is 5.29. The molecule has 0 aromatic heterocycles. The summed E-state index contributed by atoms with van der Waals surface area (Å²) in [5.74, 6) is -0.681. The maximum Gasteiger partial charge on any atom is 0.347 e. The van der Waals surface area contributed by atoms with Crippen molar-refractivity contribution in [3.8, 4) is 0 Å². The standard InChI is InChI=1S/C16H20Cl2N2O3.BrH/c1-4-20(5-2)16(15(22)23-6-3)9-13(21)14-11(18)7-10(17)8-12(14)19-16;/h7-8,19H,4-6,9H2,1-3H3;1H. The third-order valence-corrected chi connectivity index (χ3v) is 4.52. The summed E-state index contributed by atoms with van der Waals surface area (Å²) in [5.41, 5.74) is -0.417. The lowest BCUT2D eigenvalue weighted by atomic mass is 9.90. The summed E-state index contributed by atoms with van der Waals surface area (Å²) < 4.78 is 5.23. The van der Waals surface area contributed by atoms with Crippen molar-refractivity contribution >= 4 is 57.6 Å². The van der Waals surface area contributed by atoms with Crippen LogP contribution in [0.25, 0.3) is 0 Å². The van der Waals surface area contributed by atoms with E-state index >= 15 is 0 Å². The van der Waals surface area contributed by atoms with Gasteiger partial charge >= 0.3 is 5.97 Å². The van der Waals surface area contributed by atoms with Crippen LogP contribution in [0.3, 0.4) is 0 Å². The molecule has 1 atom stereocenters. The van der Waals surface area contributed by atoms with Gasteiger partial charge in [-0.2, -0.15) is 0 Å². The van der Waals surface area contributed by atoms with Gasteiger partial charge in [0.25, 0.3) is 0 Å². The van der Waals surface area contributed by atoms with Crippen molar-refractivity contribution in [2.24, 2.45) is 0 Å². The lowest BCUT2D eigenvalue weighted by molar-refractivity contribution is -0.156.